The van der Waals surface area contributed by atoms with Crippen LogP contribution in [0.2, 0.25) is 0 Å². The summed E-state index contributed by atoms with van der Waals surface area (Å²) in [5.41, 5.74) is 5.37. The molecule has 2 rings (SSSR count). The van der Waals surface area contributed by atoms with E-state index >= 15 is 0 Å². The number of hydrogen-bond acceptors (Lipinski definition) is 3. The van der Waals surface area contributed by atoms with Gasteiger partial charge in [-0.1, -0.05) is 6.07 Å². The predicted octanol–water partition coefficient (Wildman–Crippen LogP) is 2.01. The van der Waals surface area contributed by atoms with Crippen LogP contribution in [0.3, 0.4) is 0 Å². The van der Waals surface area contributed by atoms with Crippen molar-refractivity contribution in [3.8, 4) is 0 Å². The molecule has 1 amide bonds. The summed E-state index contributed by atoms with van der Waals surface area (Å²) >= 11 is 1.68. The number of rotatable bonds is 4. The quantitative estimate of drug-likeness (QED) is 0.900. The van der Waals surface area contributed by atoms with E-state index < -0.39 is 5.54 Å². The average molecular weight is 261 g/mol. The zero-order valence-electron chi connectivity index (χ0n) is 9.31. The molecular formula is C11H17ClN2OS. The van der Waals surface area contributed by atoms with Crippen molar-refractivity contribution in [2.75, 3.05) is 6.54 Å². The SMILES string of the molecule is CCN(Cc1cccs1)C(=O)C1(N)CC1.Cl. The molecule has 0 radical (unpaired) electrons. The first kappa shape index (κ1) is 13.5. The van der Waals surface area contributed by atoms with Crippen LogP contribution in [0.4, 0.5) is 0 Å². The third-order valence-electron chi connectivity index (χ3n) is 2.81. The van der Waals surface area contributed by atoms with Gasteiger partial charge in [-0.2, -0.15) is 0 Å². The molecule has 16 heavy (non-hydrogen) atoms. The van der Waals surface area contributed by atoms with Gasteiger partial charge in [0.2, 0.25) is 5.91 Å². The summed E-state index contributed by atoms with van der Waals surface area (Å²) in [5, 5.41) is 2.03. The maximum Gasteiger partial charge on any atom is 0.242 e. The molecule has 1 aliphatic carbocycles. The van der Waals surface area contributed by atoms with Gasteiger partial charge in [-0.05, 0) is 31.2 Å². The molecule has 1 fully saturated rings. The van der Waals surface area contributed by atoms with Crippen molar-refractivity contribution in [3.63, 3.8) is 0 Å². The Balaban J connectivity index is 0.00000128. The van der Waals surface area contributed by atoms with Gasteiger partial charge in [-0.15, -0.1) is 23.7 Å². The summed E-state index contributed by atoms with van der Waals surface area (Å²) in [5.74, 6) is 0.110. The molecule has 0 aromatic carbocycles. The summed E-state index contributed by atoms with van der Waals surface area (Å²) in [6.07, 6.45) is 1.68. The minimum atomic E-state index is -0.534. The second-order valence-electron chi connectivity index (χ2n) is 4.05. The van der Waals surface area contributed by atoms with Gasteiger partial charge >= 0.3 is 0 Å². The molecule has 1 aliphatic rings. The van der Waals surface area contributed by atoms with Crippen molar-refractivity contribution in [1.29, 1.82) is 0 Å². The second-order valence-corrected chi connectivity index (χ2v) is 5.09. The molecular weight excluding hydrogens is 244 g/mol. The lowest BCUT2D eigenvalue weighted by molar-refractivity contribution is -0.134. The van der Waals surface area contributed by atoms with Gasteiger partial charge in [0, 0.05) is 11.4 Å². The van der Waals surface area contributed by atoms with Gasteiger partial charge in [0.1, 0.15) is 0 Å². The molecule has 0 saturated heterocycles. The number of halogens is 1. The van der Waals surface area contributed by atoms with Crippen LogP contribution in [0.25, 0.3) is 0 Å². The molecule has 1 heterocycles. The fourth-order valence-corrected chi connectivity index (χ4v) is 2.30. The Hall–Kier alpha value is -0.580. The Bertz CT molecular complexity index is 349. The zero-order chi connectivity index (χ0) is 10.9. The monoisotopic (exact) mass is 260 g/mol. The van der Waals surface area contributed by atoms with Crippen molar-refractivity contribution < 1.29 is 4.79 Å². The van der Waals surface area contributed by atoms with Gasteiger partial charge in [0.05, 0.1) is 12.1 Å². The van der Waals surface area contributed by atoms with E-state index in [0.717, 1.165) is 19.4 Å². The van der Waals surface area contributed by atoms with Crippen LogP contribution in [0, 0.1) is 0 Å². The first-order chi connectivity index (χ1) is 7.15. The molecule has 5 heteroatoms. The number of likely N-dealkylation sites (N-methyl/N-ethyl adjacent to an activating group) is 1. The third kappa shape index (κ3) is 2.75. The van der Waals surface area contributed by atoms with E-state index in [1.807, 2.05) is 23.3 Å². The van der Waals surface area contributed by atoms with Crippen molar-refractivity contribution >= 4 is 29.7 Å². The first-order valence-corrected chi connectivity index (χ1v) is 6.14. The Kier molecular flexibility index (Phi) is 4.35. The molecule has 90 valence electrons. The van der Waals surface area contributed by atoms with Crippen LogP contribution in [0.15, 0.2) is 17.5 Å². The highest BCUT2D eigenvalue weighted by Gasteiger charge is 2.47. The van der Waals surface area contributed by atoms with E-state index in [1.54, 1.807) is 11.3 Å². The van der Waals surface area contributed by atoms with Crippen molar-refractivity contribution in [3.05, 3.63) is 22.4 Å². The summed E-state index contributed by atoms with van der Waals surface area (Å²) in [6.45, 7) is 3.43. The van der Waals surface area contributed by atoms with Crippen molar-refractivity contribution in [2.45, 2.75) is 31.8 Å². The normalized spacial score (nSPS) is 16.4. The van der Waals surface area contributed by atoms with Crippen LogP contribution in [0.1, 0.15) is 24.6 Å². The fourth-order valence-electron chi connectivity index (χ4n) is 1.58. The van der Waals surface area contributed by atoms with Crippen molar-refractivity contribution in [2.24, 2.45) is 5.73 Å². The van der Waals surface area contributed by atoms with Gasteiger partial charge < -0.3 is 10.6 Å². The number of nitrogens with zero attached hydrogens (tertiary/aromatic N) is 1. The van der Waals surface area contributed by atoms with Crippen LogP contribution >= 0.6 is 23.7 Å². The van der Waals surface area contributed by atoms with Gasteiger partial charge in [-0.3, -0.25) is 4.79 Å². The number of carbonyl (C=O) groups is 1. The maximum absolute atomic E-state index is 12.0. The molecule has 2 N–H and O–H groups in total. The molecule has 0 bridgehead atoms. The lowest BCUT2D eigenvalue weighted by Gasteiger charge is -2.23. The highest BCUT2D eigenvalue weighted by molar-refractivity contribution is 7.09. The lowest BCUT2D eigenvalue weighted by atomic mass is 10.2. The average Bonchev–Trinajstić information content (AvgIpc) is 2.80. The van der Waals surface area contributed by atoms with E-state index in [9.17, 15) is 4.79 Å². The molecule has 0 unspecified atom stereocenters. The lowest BCUT2D eigenvalue weighted by Crippen LogP contribution is -2.45. The minimum Gasteiger partial charge on any atom is -0.336 e. The highest BCUT2D eigenvalue weighted by Crippen LogP contribution is 2.34. The number of carbonyl (C=O) groups excluding carboxylic acids is 1. The number of amides is 1. The molecule has 0 spiro atoms. The number of hydrogen-bond donors (Lipinski definition) is 1. The first-order valence-electron chi connectivity index (χ1n) is 5.26. The zero-order valence-corrected chi connectivity index (χ0v) is 10.9. The number of thiophene rings is 1. The summed E-state index contributed by atoms with van der Waals surface area (Å²) in [7, 11) is 0. The smallest absolute Gasteiger partial charge is 0.242 e. The van der Waals surface area contributed by atoms with E-state index in [1.165, 1.54) is 4.88 Å². The molecule has 1 saturated carbocycles. The Morgan fingerprint density at radius 2 is 2.31 bits per heavy atom. The third-order valence-corrected chi connectivity index (χ3v) is 3.67. The second kappa shape index (κ2) is 5.17. The summed E-state index contributed by atoms with van der Waals surface area (Å²) < 4.78 is 0. The van der Waals surface area contributed by atoms with Gasteiger partial charge in [0.25, 0.3) is 0 Å². The highest BCUT2D eigenvalue weighted by atomic mass is 35.5. The molecule has 1 aromatic rings. The topological polar surface area (TPSA) is 46.3 Å². The van der Waals surface area contributed by atoms with E-state index in [2.05, 4.69) is 6.07 Å². The standard InChI is InChI=1S/C11H16N2OS.ClH/c1-2-13(8-9-4-3-7-15-9)10(14)11(12)5-6-11;/h3-4,7H,2,5-6,8,12H2,1H3;1H. The number of nitrogens with two attached hydrogens (primary N) is 1. The fraction of sp³-hybridized carbons (Fsp3) is 0.545. The summed E-state index contributed by atoms with van der Waals surface area (Å²) in [4.78, 5) is 15.1. The minimum absolute atomic E-state index is 0. The maximum atomic E-state index is 12.0. The van der Waals surface area contributed by atoms with Crippen molar-refractivity contribution in [1.82, 2.24) is 4.90 Å². The van der Waals surface area contributed by atoms with Crippen LogP contribution in [0.5, 0.6) is 0 Å². The van der Waals surface area contributed by atoms with E-state index in [-0.39, 0.29) is 18.3 Å². The molecule has 3 nitrogen and oxygen atoms in total. The Morgan fingerprint density at radius 3 is 2.75 bits per heavy atom. The van der Waals surface area contributed by atoms with Gasteiger partial charge in [-0.25, -0.2) is 0 Å². The molecule has 0 atom stereocenters. The van der Waals surface area contributed by atoms with E-state index in [4.69, 9.17) is 5.73 Å². The van der Waals surface area contributed by atoms with Gasteiger partial charge in [0.15, 0.2) is 0 Å². The molecule has 1 aromatic heterocycles. The predicted molar refractivity (Wildman–Crippen MR) is 68.8 cm³/mol. The Morgan fingerprint density at radius 1 is 1.62 bits per heavy atom. The largest absolute Gasteiger partial charge is 0.336 e. The molecule has 0 aliphatic heterocycles. The van der Waals surface area contributed by atoms with Crippen LogP contribution < -0.4 is 5.73 Å². The summed E-state index contributed by atoms with van der Waals surface area (Å²) in [6, 6.07) is 4.06. The van der Waals surface area contributed by atoms with E-state index in [0.29, 0.717) is 6.54 Å². The Labute approximate surface area is 106 Å². The van der Waals surface area contributed by atoms with Crippen LogP contribution in [-0.2, 0) is 11.3 Å². The van der Waals surface area contributed by atoms with Crippen LogP contribution in [-0.4, -0.2) is 22.9 Å².